The zero-order valence-electron chi connectivity index (χ0n) is 11.3. The van der Waals surface area contributed by atoms with E-state index >= 15 is 0 Å². The largest absolute Gasteiger partial charge is 0.478 e. The van der Waals surface area contributed by atoms with Gasteiger partial charge in [0.15, 0.2) is 5.16 Å². The number of carbonyl (C=O) groups is 1. The molecule has 0 atom stereocenters. The molecule has 0 fully saturated rings. The van der Waals surface area contributed by atoms with Crippen LogP contribution in [0.4, 0.5) is 0 Å². The number of rotatable bonds is 3. The van der Waals surface area contributed by atoms with Gasteiger partial charge < -0.3 is 9.67 Å². The summed E-state index contributed by atoms with van der Waals surface area (Å²) >= 11 is 7.29. The first kappa shape index (κ1) is 14.4. The molecule has 5 nitrogen and oxygen atoms in total. The second kappa shape index (κ2) is 6.07. The lowest BCUT2D eigenvalue weighted by atomic mass is 10.2. The van der Waals surface area contributed by atoms with Crippen molar-refractivity contribution >= 4 is 29.3 Å². The summed E-state index contributed by atoms with van der Waals surface area (Å²) in [6.07, 6.45) is 4.33. The lowest BCUT2D eigenvalue weighted by Crippen LogP contribution is -2.03. The van der Waals surface area contributed by atoms with E-state index in [4.69, 9.17) is 11.6 Å². The van der Waals surface area contributed by atoms with E-state index in [0.717, 1.165) is 36.8 Å². The van der Waals surface area contributed by atoms with Crippen LogP contribution in [-0.2, 0) is 13.0 Å². The smallest absolute Gasteiger partial charge is 0.336 e. The van der Waals surface area contributed by atoms with Crippen molar-refractivity contribution in [3.63, 3.8) is 0 Å². The fraction of sp³-hybridized carbons (Fsp3) is 0.357. The quantitative estimate of drug-likeness (QED) is 0.936. The fourth-order valence-corrected chi connectivity index (χ4v) is 3.66. The Balaban J connectivity index is 1.96. The zero-order valence-corrected chi connectivity index (χ0v) is 12.8. The summed E-state index contributed by atoms with van der Waals surface area (Å²) in [5, 5.41) is 18.9. The van der Waals surface area contributed by atoms with Gasteiger partial charge in [0.2, 0.25) is 0 Å². The molecule has 110 valence electrons. The maximum atomic E-state index is 11.3. The predicted molar refractivity (Wildman–Crippen MR) is 80.1 cm³/mol. The third-order valence-electron chi connectivity index (χ3n) is 3.45. The Bertz CT molecular complexity index is 687. The van der Waals surface area contributed by atoms with Gasteiger partial charge in [-0.25, -0.2) is 4.79 Å². The molecule has 0 aliphatic carbocycles. The van der Waals surface area contributed by atoms with Crippen molar-refractivity contribution in [1.29, 1.82) is 0 Å². The zero-order chi connectivity index (χ0) is 14.8. The Morgan fingerprint density at radius 1 is 1.29 bits per heavy atom. The minimum Gasteiger partial charge on any atom is -0.478 e. The van der Waals surface area contributed by atoms with Crippen LogP contribution in [0, 0.1) is 0 Å². The molecular formula is C14H14ClN3O2S. The fourth-order valence-electron chi connectivity index (χ4n) is 2.39. The topological polar surface area (TPSA) is 68.0 Å². The molecule has 0 unspecified atom stereocenters. The Labute approximate surface area is 131 Å². The molecule has 1 aliphatic heterocycles. The van der Waals surface area contributed by atoms with Crippen molar-refractivity contribution < 1.29 is 9.90 Å². The van der Waals surface area contributed by atoms with Crippen molar-refractivity contribution in [3.8, 4) is 0 Å². The van der Waals surface area contributed by atoms with Gasteiger partial charge in [-0.3, -0.25) is 0 Å². The molecule has 21 heavy (non-hydrogen) atoms. The van der Waals surface area contributed by atoms with Crippen LogP contribution in [0.3, 0.4) is 0 Å². The number of benzene rings is 1. The summed E-state index contributed by atoms with van der Waals surface area (Å²) in [6.45, 7) is 0.883. The van der Waals surface area contributed by atoms with Gasteiger partial charge in [0.1, 0.15) is 5.82 Å². The lowest BCUT2D eigenvalue weighted by Gasteiger charge is -2.08. The Kier molecular flexibility index (Phi) is 4.17. The van der Waals surface area contributed by atoms with E-state index in [9.17, 15) is 9.90 Å². The van der Waals surface area contributed by atoms with E-state index in [2.05, 4.69) is 14.8 Å². The van der Waals surface area contributed by atoms with Gasteiger partial charge in [-0.2, -0.15) is 0 Å². The minimum absolute atomic E-state index is 0.232. The van der Waals surface area contributed by atoms with Gasteiger partial charge in [-0.1, -0.05) is 18.0 Å². The molecule has 0 saturated carbocycles. The highest BCUT2D eigenvalue weighted by Crippen LogP contribution is 2.32. The molecule has 0 bridgehead atoms. The maximum Gasteiger partial charge on any atom is 0.336 e. The highest BCUT2D eigenvalue weighted by molar-refractivity contribution is 7.99. The summed E-state index contributed by atoms with van der Waals surface area (Å²) in [5.74, 6) is 0.0127. The third kappa shape index (κ3) is 3.06. The average Bonchev–Trinajstić information content (AvgIpc) is 2.68. The highest BCUT2D eigenvalue weighted by atomic mass is 35.5. The number of fused-ring (bicyclic) bond motifs is 1. The monoisotopic (exact) mass is 323 g/mol. The SMILES string of the molecule is O=C(O)c1ccc(Cl)cc1Sc1nnc2n1CCCCC2. The van der Waals surface area contributed by atoms with Crippen molar-refractivity contribution in [2.24, 2.45) is 0 Å². The third-order valence-corrected chi connectivity index (χ3v) is 4.73. The van der Waals surface area contributed by atoms with Crippen LogP contribution < -0.4 is 0 Å². The summed E-state index contributed by atoms with van der Waals surface area (Å²) in [6, 6.07) is 4.76. The molecule has 0 amide bonds. The number of aromatic carboxylic acids is 1. The summed E-state index contributed by atoms with van der Waals surface area (Å²) in [7, 11) is 0. The normalized spacial score (nSPS) is 14.5. The molecule has 3 rings (SSSR count). The van der Waals surface area contributed by atoms with Gasteiger partial charge in [-0.05, 0) is 42.8 Å². The number of carboxylic acid groups (broad SMARTS) is 1. The van der Waals surface area contributed by atoms with Gasteiger partial charge in [0.25, 0.3) is 0 Å². The first-order valence-corrected chi connectivity index (χ1v) is 7.97. The lowest BCUT2D eigenvalue weighted by molar-refractivity contribution is 0.0693. The maximum absolute atomic E-state index is 11.3. The molecule has 7 heteroatoms. The number of hydrogen-bond donors (Lipinski definition) is 1. The minimum atomic E-state index is -0.968. The molecule has 2 aromatic rings. The Hall–Kier alpha value is -1.53. The van der Waals surface area contributed by atoms with Crippen molar-refractivity contribution in [2.75, 3.05) is 0 Å². The number of nitrogens with zero attached hydrogens (tertiary/aromatic N) is 3. The van der Waals surface area contributed by atoms with E-state index < -0.39 is 5.97 Å². The Morgan fingerprint density at radius 2 is 2.14 bits per heavy atom. The van der Waals surface area contributed by atoms with Crippen LogP contribution in [0.5, 0.6) is 0 Å². The van der Waals surface area contributed by atoms with E-state index in [1.54, 1.807) is 12.1 Å². The van der Waals surface area contributed by atoms with Crippen LogP contribution in [0.25, 0.3) is 0 Å². The standard InChI is InChI=1S/C14H14ClN3O2S/c15-9-5-6-10(13(19)20)11(8-9)21-14-17-16-12-4-2-1-3-7-18(12)14/h5-6,8H,1-4,7H2,(H,19,20). The number of carboxylic acids is 1. The molecule has 0 spiro atoms. The first-order valence-electron chi connectivity index (χ1n) is 6.78. The second-order valence-electron chi connectivity index (χ2n) is 4.91. The molecule has 1 aliphatic rings. The summed E-state index contributed by atoms with van der Waals surface area (Å²) in [4.78, 5) is 11.9. The van der Waals surface area contributed by atoms with E-state index in [0.29, 0.717) is 9.92 Å². The van der Waals surface area contributed by atoms with E-state index in [-0.39, 0.29) is 5.56 Å². The molecule has 2 heterocycles. The van der Waals surface area contributed by atoms with Crippen LogP contribution in [0.15, 0.2) is 28.3 Å². The molecule has 1 aromatic carbocycles. The number of hydrogen-bond acceptors (Lipinski definition) is 4. The number of aromatic nitrogens is 3. The molecular weight excluding hydrogens is 310 g/mol. The highest BCUT2D eigenvalue weighted by Gasteiger charge is 2.18. The van der Waals surface area contributed by atoms with Crippen LogP contribution >= 0.6 is 23.4 Å². The van der Waals surface area contributed by atoms with Gasteiger partial charge in [0, 0.05) is 22.9 Å². The molecule has 0 radical (unpaired) electrons. The Morgan fingerprint density at radius 3 is 2.95 bits per heavy atom. The number of aryl methyl sites for hydroxylation is 1. The van der Waals surface area contributed by atoms with E-state index in [1.165, 1.54) is 24.2 Å². The van der Waals surface area contributed by atoms with Gasteiger partial charge in [-0.15, -0.1) is 10.2 Å². The summed E-state index contributed by atoms with van der Waals surface area (Å²) in [5.41, 5.74) is 0.232. The van der Waals surface area contributed by atoms with Crippen molar-refractivity contribution in [1.82, 2.24) is 14.8 Å². The van der Waals surface area contributed by atoms with Crippen LogP contribution in [0.1, 0.15) is 35.4 Å². The van der Waals surface area contributed by atoms with Gasteiger partial charge >= 0.3 is 5.97 Å². The van der Waals surface area contributed by atoms with E-state index in [1.807, 2.05) is 0 Å². The van der Waals surface area contributed by atoms with Crippen molar-refractivity contribution in [2.45, 2.75) is 42.3 Å². The summed E-state index contributed by atoms with van der Waals surface area (Å²) < 4.78 is 2.09. The average molecular weight is 324 g/mol. The van der Waals surface area contributed by atoms with Gasteiger partial charge in [0.05, 0.1) is 5.56 Å². The second-order valence-corrected chi connectivity index (χ2v) is 6.35. The molecule has 0 saturated heterocycles. The number of halogens is 1. The first-order chi connectivity index (χ1) is 10.1. The molecule has 1 N–H and O–H groups in total. The predicted octanol–water partition coefficient (Wildman–Crippen LogP) is 3.51. The molecule has 1 aromatic heterocycles. The van der Waals surface area contributed by atoms with Crippen LogP contribution in [0.2, 0.25) is 5.02 Å². The van der Waals surface area contributed by atoms with Crippen LogP contribution in [-0.4, -0.2) is 25.8 Å². The van der Waals surface area contributed by atoms with Crippen molar-refractivity contribution in [3.05, 3.63) is 34.6 Å².